The topological polar surface area (TPSA) is 90.4 Å². The van der Waals surface area contributed by atoms with Crippen molar-refractivity contribution in [2.24, 2.45) is 23.7 Å². The van der Waals surface area contributed by atoms with Crippen molar-refractivity contribution >= 4 is 40.9 Å². The molecule has 5 rings (SSSR count). The van der Waals surface area contributed by atoms with E-state index in [1.165, 1.54) is 0 Å². The summed E-state index contributed by atoms with van der Waals surface area (Å²) < 4.78 is 4.80. The number of fused-ring (bicyclic) bond motifs is 1. The Balaban J connectivity index is 1.64. The van der Waals surface area contributed by atoms with Gasteiger partial charge in [0.05, 0.1) is 35.8 Å². The van der Waals surface area contributed by atoms with Crippen molar-refractivity contribution in [2.45, 2.75) is 76.5 Å². The number of carbonyl (C=O) groups excluding carboxylic acids is 3. The van der Waals surface area contributed by atoms with Gasteiger partial charge in [0.2, 0.25) is 11.8 Å². The molecule has 2 bridgehead atoms. The maximum absolute atomic E-state index is 15.2. The number of benzene rings is 2. The van der Waals surface area contributed by atoms with E-state index in [9.17, 15) is 9.90 Å². The van der Waals surface area contributed by atoms with E-state index in [2.05, 4.69) is 20.1 Å². The van der Waals surface area contributed by atoms with Crippen LogP contribution in [0.3, 0.4) is 0 Å². The van der Waals surface area contributed by atoms with E-state index in [0.717, 1.165) is 23.2 Å². The van der Waals surface area contributed by atoms with Gasteiger partial charge in [0.15, 0.2) is 0 Å². The molecule has 3 heterocycles. The number of likely N-dealkylation sites (tertiary alicyclic amines) is 1. The number of aliphatic hydroxyl groups excluding tert-OH is 1. The molecular formula is C39H51N3O5S. The maximum Gasteiger partial charge on any atom is 0.251 e. The van der Waals surface area contributed by atoms with Gasteiger partial charge in [-0.2, -0.15) is 0 Å². The predicted molar refractivity (Wildman–Crippen MR) is 194 cm³/mol. The molecule has 9 heteroatoms. The van der Waals surface area contributed by atoms with Gasteiger partial charge < -0.3 is 24.5 Å². The Hall–Kier alpha value is -3.56. The lowest BCUT2D eigenvalue weighted by atomic mass is 9.65. The summed E-state index contributed by atoms with van der Waals surface area (Å²) in [6.45, 7) is 20.8. The lowest BCUT2D eigenvalue weighted by Gasteiger charge is -2.43. The van der Waals surface area contributed by atoms with Gasteiger partial charge in [-0.1, -0.05) is 51.5 Å². The molecule has 48 heavy (non-hydrogen) atoms. The van der Waals surface area contributed by atoms with Crippen molar-refractivity contribution in [3.05, 3.63) is 78.9 Å². The minimum Gasteiger partial charge on any atom is -0.494 e. The minimum absolute atomic E-state index is 0.0109. The van der Waals surface area contributed by atoms with Gasteiger partial charge in [-0.15, -0.1) is 24.9 Å². The number of hydrogen-bond acceptors (Lipinski definition) is 6. The summed E-state index contributed by atoms with van der Waals surface area (Å²) in [5.74, 6) is -1.25. The van der Waals surface area contributed by atoms with E-state index in [-0.39, 0.29) is 54.5 Å². The molecule has 3 aliphatic heterocycles. The van der Waals surface area contributed by atoms with Crippen LogP contribution in [0.5, 0.6) is 5.75 Å². The number of aryl methyl sites for hydroxylation is 2. The third-order valence-electron chi connectivity index (χ3n) is 10.8. The normalized spacial score (nSPS) is 26.9. The Morgan fingerprint density at radius 1 is 1.08 bits per heavy atom. The second-order valence-corrected chi connectivity index (χ2v) is 15.2. The summed E-state index contributed by atoms with van der Waals surface area (Å²) in [6.07, 6.45) is 4.85. The van der Waals surface area contributed by atoms with Gasteiger partial charge in [-0.25, -0.2) is 0 Å². The zero-order valence-electron chi connectivity index (χ0n) is 29.2. The molecule has 0 aliphatic carbocycles. The van der Waals surface area contributed by atoms with E-state index in [1.54, 1.807) is 38.6 Å². The molecule has 1 spiro atoms. The van der Waals surface area contributed by atoms with Crippen LogP contribution in [0.2, 0.25) is 0 Å². The van der Waals surface area contributed by atoms with Crippen molar-refractivity contribution in [3.8, 4) is 5.75 Å². The molecule has 3 fully saturated rings. The Labute approximate surface area is 290 Å². The highest BCUT2D eigenvalue weighted by molar-refractivity contribution is 8.02. The van der Waals surface area contributed by atoms with Gasteiger partial charge in [0.1, 0.15) is 11.8 Å². The number of anilines is 2. The van der Waals surface area contributed by atoms with Crippen LogP contribution < -0.4 is 14.5 Å². The van der Waals surface area contributed by atoms with Gasteiger partial charge in [-0.05, 0) is 80.5 Å². The third kappa shape index (κ3) is 5.87. The lowest BCUT2D eigenvalue weighted by molar-refractivity contribution is -0.143. The zero-order chi connectivity index (χ0) is 34.9. The summed E-state index contributed by atoms with van der Waals surface area (Å²) >= 11 is 1.65. The molecule has 258 valence electrons. The Bertz CT molecular complexity index is 1540. The molecule has 2 aromatic rings. The van der Waals surface area contributed by atoms with E-state index >= 15 is 9.59 Å². The van der Waals surface area contributed by atoms with Gasteiger partial charge >= 0.3 is 0 Å². The SMILES string of the molecule is C=CCN(C(=O)[C@@H]1[C@H]2C(=O)N([C@@H](CO)[C@@H](C)CC)C(C(=O)N(CC=C)c3cc(C)ccc3C)C23S[C@@H]1CC3C)c1ccc(OCC)cc1. The summed E-state index contributed by atoms with van der Waals surface area (Å²) in [5, 5.41) is 10.7. The molecule has 3 unspecified atom stereocenters. The highest BCUT2D eigenvalue weighted by atomic mass is 32.2. The Morgan fingerprint density at radius 2 is 1.75 bits per heavy atom. The number of nitrogens with zero attached hydrogens (tertiary/aromatic N) is 3. The van der Waals surface area contributed by atoms with Crippen LogP contribution in [0.15, 0.2) is 67.8 Å². The molecular weight excluding hydrogens is 623 g/mol. The maximum atomic E-state index is 15.2. The van der Waals surface area contributed by atoms with Crippen LogP contribution in [0.25, 0.3) is 0 Å². The first-order valence-electron chi connectivity index (χ1n) is 17.3. The van der Waals surface area contributed by atoms with Crippen molar-refractivity contribution in [1.82, 2.24) is 4.90 Å². The predicted octanol–water partition coefficient (Wildman–Crippen LogP) is 6.18. The van der Waals surface area contributed by atoms with Crippen LogP contribution in [0.4, 0.5) is 11.4 Å². The molecule has 8 atom stereocenters. The van der Waals surface area contributed by atoms with E-state index < -0.39 is 28.7 Å². The van der Waals surface area contributed by atoms with Gasteiger partial charge in [-0.3, -0.25) is 14.4 Å². The number of ether oxygens (including phenoxy) is 1. The summed E-state index contributed by atoms with van der Waals surface area (Å²) in [7, 11) is 0. The summed E-state index contributed by atoms with van der Waals surface area (Å²) in [6, 6.07) is 12.0. The largest absolute Gasteiger partial charge is 0.494 e. The first kappa shape index (κ1) is 35.7. The van der Waals surface area contributed by atoms with Crippen LogP contribution in [-0.2, 0) is 14.4 Å². The highest BCUT2D eigenvalue weighted by Gasteiger charge is 2.77. The second-order valence-electron chi connectivity index (χ2n) is 13.6. The Morgan fingerprint density at radius 3 is 2.35 bits per heavy atom. The van der Waals surface area contributed by atoms with Crippen molar-refractivity contribution in [2.75, 3.05) is 36.1 Å². The number of rotatable bonds is 14. The third-order valence-corrected chi connectivity index (χ3v) is 12.9. The van der Waals surface area contributed by atoms with Crippen molar-refractivity contribution in [3.63, 3.8) is 0 Å². The number of carbonyl (C=O) groups is 3. The fourth-order valence-electron chi connectivity index (χ4n) is 8.31. The molecule has 3 aliphatic rings. The molecule has 0 saturated carbocycles. The molecule has 3 saturated heterocycles. The number of thioether (sulfide) groups is 1. The quantitative estimate of drug-likeness (QED) is 0.241. The fourth-order valence-corrected chi connectivity index (χ4v) is 10.7. The number of amides is 3. The fraction of sp³-hybridized carbons (Fsp3) is 0.513. The molecule has 2 aromatic carbocycles. The van der Waals surface area contributed by atoms with Gasteiger partial charge in [0.25, 0.3) is 5.91 Å². The highest BCUT2D eigenvalue weighted by Crippen LogP contribution is 2.69. The van der Waals surface area contributed by atoms with Crippen LogP contribution >= 0.6 is 11.8 Å². The summed E-state index contributed by atoms with van der Waals surface area (Å²) in [5.41, 5.74) is 3.45. The van der Waals surface area contributed by atoms with Crippen molar-refractivity contribution < 1.29 is 24.2 Å². The summed E-state index contributed by atoms with van der Waals surface area (Å²) in [4.78, 5) is 50.2. The second kappa shape index (κ2) is 14.5. The first-order valence-corrected chi connectivity index (χ1v) is 18.1. The first-order chi connectivity index (χ1) is 23.0. The standard InChI is InChI=1S/C39H51N3O5S/c1-9-19-40(28-15-17-29(18-16-28)47-12-4)36(44)33-32-22-27(8)39(48-32)34(33)37(45)42(31(23-43)25(6)11-3)35(39)38(46)41(20-10-2)30-21-24(5)13-14-26(30)7/h9-10,13-18,21,25,27,31-35,43H,1-2,11-12,19-20,22-23H2,3-8H3/t25-,27?,31-,32+,33-,34-,35?,39?/m0/s1. The monoisotopic (exact) mass is 673 g/mol. The zero-order valence-corrected chi connectivity index (χ0v) is 30.0. The van der Waals surface area contributed by atoms with E-state index in [1.807, 2.05) is 77.1 Å². The van der Waals surface area contributed by atoms with Crippen LogP contribution in [0.1, 0.15) is 51.7 Å². The number of aliphatic hydroxyl groups is 1. The molecule has 3 amide bonds. The van der Waals surface area contributed by atoms with Gasteiger partial charge in [0, 0.05) is 29.7 Å². The Kier molecular flexibility index (Phi) is 10.8. The average molecular weight is 674 g/mol. The number of hydrogen-bond donors (Lipinski definition) is 1. The van der Waals surface area contributed by atoms with Crippen LogP contribution in [0, 0.1) is 37.5 Å². The van der Waals surface area contributed by atoms with E-state index in [0.29, 0.717) is 24.5 Å². The van der Waals surface area contributed by atoms with Crippen LogP contribution in [-0.4, -0.2) is 76.1 Å². The molecule has 8 nitrogen and oxygen atoms in total. The lowest BCUT2D eigenvalue weighted by Crippen LogP contribution is -2.60. The smallest absolute Gasteiger partial charge is 0.251 e. The molecule has 0 radical (unpaired) electrons. The minimum atomic E-state index is -0.859. The van der Waals surface area contributed by atoms with E-state index in [4.69, 9.17) is 4.74 Å². The van der Waals surface area contributed by atoms with Crippen molar-refractivity contribution in [1.29, 1.82) is 0 Å². The average Bonchev–Trinajstić information content (AvgIpc) is 3.67. The molecule has 0 aromatic heterocycles. The molecule has 1 N–H and O–H groups in total.